The van der Waals surface area contributed by atoms with Crippen molar-refractivity contribution in [2.45, 2.75) is 44.9 Å². The zero-order valence-corrected chi connectivity index (χ0v) is 15.5. The zero-order valence-electron chi connectivity index (χ0n) is 15.5. The van der Waals surface area contributed by atoms with Gasteiger partial charge in [-0.2, -0.15) is 0 Å². The second kappa shape index (κ2) is 5.47. The molecular formula is C21H23NO4. The normalized spacial score (nSPS) is 29.7. The molecule has 0 aromatic heterocycles. The molecule has 0 unspecified atom stereocenters. The van der Waals surface area contributed by atoms with E-state index >= 15 is 0 Å². The fourth-order valence-corrected chi connectivity index (χ4v) is 4.25. The number of esters is 1. The quantitative estimate of drug-likeness (QED) is 0.721. The summed E-state index contributed by atoms with van der Waals surface area (Å²) < 4.78 is 10.9. The number of fused-ring (bicyclic) bond motifs is 2. The molecule has 1 fully saturated rings. The molecule has 2 heterocycles. The maximum Gasteiger partial charge on any atom is 0.411 e. The van der Waals surface area contributed by atoms with Gasteiger partial charge < -0.3 is 9.47 Å². The molecule has 3 aliphatic rings. The maximum atomic E-state index is 13.0. The van der Waals surface area contributed by atoms with Gasteiger partial charge in [0.15, 0.2) is 0 Å². The van der Waals surface area contributed by atoms with E-state index in [2.05, 4.69) is 0 Å². The second-order valence-electron chi connectivity index (χ2n) is 8.26. The van der Waals surface area contributed by atoms with E-state index in [0.29, 0.717) is 12.2 Å². The highest BCUT2D eigenvalue weighted by Crippen LogP contribution is 2.59. The maximum absolute atomic E-state index is 13.0. The first kappa shape index (κ1) is 16.9. The van der Waals surface area contributed by atoms with Crippen molar-refractivity contribution >= 4 is 12.1 Å². The van der Waals surface area contributed by atoms with E-state index in [9.17, 15) is 9.59 Å². The number of carbonyl (C=O) groups excluding carboxylic acids is 2. The molecule has 0 bridgehead atoms. The lowest BCUT2D eigenvalue weighted by Gasteiger charge is -2.62. The third-order valence-electron chi connectivity index (χ3n) is 5.33. The Morgan fingerprint density at radius 1 is 1.27 bits per heavy atom. The summed E-state index contributed by atoms with van der Waals surface area (Å²) in [4.78, 5) is 27.1. The van der Waals surface area contributed by atoms with Gasteiger partial charge in [0.1, 0.15) is 12.2 Å². The molecule has 2 aliphatic heterocycles. The summed E-state index contributed by atoms with van der Waals surface area (Å²) in [5, 5.41) is 0. The van der Waals surface area contributed by atoms with Gasteiger partial charge in [-0.1, -0.05) is 42.5 Å². The van der Waals surface area contributed by atoms with Crippen LogP contribution in [0.2, 0.25) is 0 Å². The Labute approximate surface area is 153 Å². The molecule has 1 aromatic rings. The topological polar surface area (TPSA) is 55.8 Å². The molecule has 1 saturated heterocycles. The summed E-state index contributed by atoms with van der Waals surface area (Å²) in [6.45, 7) is 7.85. The number of rotatable bonds is 1. The van der Waals surface area contributed by atoms with E-state index in [1.807, 2.05) is 70.2 Å². The average molecular weight is 353 g/mol. The van der Waals surface area contributed by atoms with Crippen LogP contribution in [-0.4, -0.2) is 34.7 Å². The Morgan fingerprint density at radius 3 is 2.62 bits per heavy atom. The Morgan fingerprint density at radius 2 is 1.96 bits per heavy atom. The molecule has 5 nitrogen and oxygen atoms in total. The fourth-order valence-electron chi connectivity index (χ4n) is 4.25. The number of hydrogen-bond donors (Lipinski definition) is 0. The van der Waals surface area contributed by atoms with Gasteiger partial charge in [-0.25, -0.2) is 9.59 Å². The van der Waals surface area contributed by atoms with Crippen molar-refractivity contribution < 1.29 is 19.1 Å². The summed E-state index contributed by atoms with van der Waals surface area (Å²) in [6.07, 6.45) is 3.54. The highest BCUT2D eigenvalue weighted by atomic mass is 16.6. The zero-order chi connectivity index (χ0) is 18.7. The Balaban J connectivity index is 1.78. The number of cyclic esters (lactones) is 1. The Bertz CT molecular complexity index is 833. The first-order valence-corrected chi connectivity index (χ1v) is 8.89. The highest BCUT2D eigenvalue weighted by Gasteiger charge is 2.64. The van der Waals surface area contributed by atoms with Crippen LogP contribution in [0.4, 0.5) is 4.79 Å². The lowest BCUT2D eigenvalue weighted by molar-refractivity contribution is -0.140. The SMILES string of the molecule is CC(C)(C)OC(=O)N1[C@H](c2ccccc2)[C@H]2C3=C(C=C[C@]21C)COC3=O. The number of benzene rings is 1. The van der Waals surface area contributed by atoms with Crippen molar-refractivity contribution in [3.05, 3.63) is 59.2 Å². The van der Waals surface area contributed by atoms with Crippen LogP contribution in [0.25, 0.3) is 0 Å². The van der Waals surface area contributed by atoms with Gasteiger partial charge in [-0.15, -0.1) is 0 Å². The van der Waals surface area contributed by atoms with Crippen molar-refractivity contribution in [1.29, 1.82) is 0 Å². The van der Waals surface area contributed by atoms with Crippen LogP contribution in [0.1, 0.15) is 39.3 Å². The highest BCUT2D eigenvalue weighted by molar-refractivity contribution is 5.95. The van der Waals surface area contributed by atoms with Crippen LogP contribution in [0.3, 0.4) is 0 Å². The summed E-state index contributed by atoms with van der Waals surface area (Å²) in [6, 6.07) is 9.55. The first-order valence-electron chi connectivity index (χ1n) is 8.89. The third-order valence-corrected chi connectivity index (χ3v) is 5.33. The van der Waals surface area contributed by atoms with Crippen molar-refractivity contribution in [2.75, 3.05) is 6.61 Å². The van der Waals surface area contributed by atoms with Crippen molar-refractivity contribution in [1.82, 2.24) is 4.90 Å². The molecule has 26 heavy (non-hydrogen) atoms. The second-order valence-corrected chi connectivity index (χ2v) is 8.26. The fraction of sp³-hybridized carbons (Fsp3) is 0.429. The molecule has 4 rings (SSSR count). The molecule has 1 aliphatic carbocycles. The minimum atomic E-state index is -0.606. The molecule has 0 saturated carbocycles. The number of nitrogens with zero attached hydrogens (tertiary/aromatic N) is 1. The van der Waals surface area contributed by atoms with Gasteiger partial charge in [0.05, 0.1) is 17.2 Å². The van der Waals surface area contributed by atoms with Gasteiger partial charge in [-0.05, 0) is 33.3 Å². The molecule has 0 N–H and O–H groups in total. The van der Waals surface area contributed by atoms with Gasteiger partial charge in [0.2, 0.25) is 0 Å². The molecule has 1 aromatic carbocycles. The molecule has 0 spiro atoms. The van der Waals surface area contributed by atoms with Crippen LogP contribution >= 0.6 is 0 Å². The van der Waals surface area contributed by atoms with Gasteiger partial charge in [0, 0.05) is 11.5 Å². The first-order chi connectivity index (χ1) is 12.2. The molecule has 1 amide bonds. The predicted molar refractivity (Wildman–Crippen MR) is 96.3 cm³/mol. The minimum absolute atomic E-state index is 0.132. The largest absolute Gasteiger partial charge is 0.457 e. The Hall–Kier alpha value is -2.56. The van der Waals surface area contributed by atoms with E-state index in [1.165, 1.54) is 0 Å². The van der Waals surface area contributed by atoms with Gasteiger partial charge in [0.25, 0.3) is 0 Å². The average Bonchev–Trinajstić information content (AvgIpc) is 2.91. The van der Waals surface area contributed by atoms with E-state index in [4.69, 9.17) is 9.47 Å². The van der Waals surface area contributed by atoms with Crippen molar-refractivity contribution in [2.24, 2.45) is 5.92 Å². The van der Waals surface area contributed by atoms with E-state index < -0.39 is 11.1 Å². The number of likely N-dealkylation sites (tertiary alicyclic amines) is 1. The summed E-state index contributed by atoms with van der Waals surface area (Å²) >= 11 is 0. The van der Waals surface area contributed by atoms with Crippen LogP contribution in [0.15, 0.2) is 53.6 Å². The standard InChI is InChI=1S/C21H23NO4/c1-20(2,3)26-19(24)22-17(13-8-6-5-7-9-13)16-15-14(12-25-18(15)23)10-11-21(16,22)4/h5-11,16-17H,12H2,1-4H3/t16-,17-,21-/m1/s1. The number of hydrogen-bond acceptors (Lipinski definition) is 4. The van der Waals surface area contributed by atoms with Crippen LogP contribution < -0.4 is 0 Å². The van der Waals surface area contributed by atoms with Crippen LogP contribution in [0.5, 0.6) is 0 Å². The van der Waals surface area contributed by atoms with Crippen molar-refractivity contribution in [3.8, 4) is 0 Å². The van der Waals surface area contributed by atoms with Crippen LogP contribution in [0, 0.1) is 5.92 Å². The lowest BCUT2D eigenvalue weighted by Crippen LogP contribution is -2.69. The molecule has 5 heteroatoms. The van der Waals surface area contributed by atoms with Gasteiger partial charge >= 0.3 is 12.1 Å². The predicted octanol–water partition coefficient (Wildman–Crippen LogP) is 3.78. The summed E-state index contributed by atoms with van der Waals surface area (Å²) in [7, 11) is 0. The van der Waals surface area contributed by atoms with E-state index in [-0.39, 0.29) is 24.0 Å². The molecule has 3 atom stereocenters. The number of carbonyl (C=O) groups is 2. The summed E-state index contributed by atoms with van der Waals surface area (Å²) in [5.41, 5.74) is 1.41. The van der Waals surface area contributed by atoms with Crippen LogP contribution in [-0.2, 0) is 14.3 Å². The van der Waals surface area contributed by atoms with Crippen molar-refractivity contribution in [3.63, 3.8) is 0 Å². The smallest absolute Gasteiger partial charge is 0.411 e. The van der Waals surface area contributed by atoms with Gasteiger partial charge in [-0.3, -0.25) is 4.90 Å². The number of ether oxygens (including phenoxy) is 2. The molecular weight excluding hydrogens is 330 g/mol. The van der Waals surface area contributed by atoms with E-state index in [1.54, 1.807) is 4.90 Å². The minimum Gasteiger partial charge on any atom is -0.457 e. The summed E-state index contributed by atoms with van der Waals surface area (Å²) in [5.74, 6) is -0.405. The molecule has 0 radical (unpaired) electrons. The Kier molecular flexibility index (Phi) is 3.55. The van der Waals surface area contributed by atoms with E-state index in [0.717, 1.165) is 11.1 Å². The third kappa shape index (κ3) is 2.37. The monoisotopic (exact) mass is 353 g/mol. The lowest BCUT2D eigenvalue weighted by atomic mass is 9.61. The molecule has 136 valence electrons. The number of amides is 1.